The smallest absolute Gasteiger partial charge is 0.410 e. The molecule has 0 aromatic carbocycles. The van der Waals surface area contributed by atoms with Crippen molar-refractivity contribution in [2.75, 3.05) is 13.1 Å². The molecule has 1 aromatic heterocycles. The van der Waals surface area contributed by atoms with E-state index in [1.54, 1.807) is 4.90 Å². The summed E-state index contributed by atoms with van der Waals surface area (Å²) in [6, 6.07) is 1.81. The van der Waals surface area contributed by atoms with Crippen LogP contribution in [-0.4, -0.2) is 44.8 Å². The zero-order valence-electron chi connectivity index (χ0n) is 11.7. The molecule has 0 atom stereocenters. The fourth-order valence-corrected chi connectivity index (χ4v) is 2.23. The minimum absolute atomic E-state index is 0.251. The molecule has 0 aliphatic carbocycles. The molecular formula is C13H21N3O3. The Bertz CT molecular complexity index is 442. The summed E-state index contributed by atoms with van der Waals surface area (Å²) in [6.07, 6.45) is 2.96. The number of amides is 1. The maximum atomic E-state index is 11.9. The van der Waals surface area contributed by atoms with Crippen molar-refractivity contribution in [2.24, 2.45) is 0 Å². The summed E-state index contributed by atoms with van der Waals surface area (Å²) in [5.74, 6) is 0.298. The molecule has 19 heavy (non-hydrogen) atoms. The summed E-state index contributed by atoms with van der Waals surface area (Å²) in [7, 11) is 0. The maximum Gasteiger partial charge on any atom is 0.410 e. The Morgan fingerprint density at radius 2 is 2.05 bits per heavy atom. The van der Waals surface area contributed by atoms with Crippen molar-refractivity contribution in [3.63, 3.8) is 0 Å². The third-order valence-electron chi connectivity index (χ3n) is 3.16. The van der Waals surface area contributed by atoms with E-state index in [9.17, 15) is 10.0 Å². The number of piperidine rings is 1. The standard InChI is InChI=1S/C13H21N3O3/c1-13(2,3)19-12(17)15-7-4-10(5-8-15)11-6-9-16(18)14-11/h6,9-10,18H,4-5,7-8H2,1-3H3. The van der Waals surface area contributed by atoms with Crippen LogP contribution < -0.4 is 0 Å². The molecular weight excluding hydrogens is 246 g/mol. The molecule has 2 heterocycles. The van der Waals surface area contributed by atoms with E-state index in [0.717, 1.165) is 23.4 Å². The maximum absolute atomic E-state index is 11.9. The lowest BCUT2D eigenvalue weighted by Crippen LogP contribution is -2.41. The number of hydrogen-bond acceptors (Lipinski definition) is 4. The normalized spacial score (nSPS) is 17.5. The van der Waals surface area contributed by atoms with Gasteiger partial charge in [0.25, 0.3) is 0 Å². The summed E-state index contributed by atoms with van der Waals surface area (Å²) >= 11 is 0. The van der Waals surface area contributed by atoms with E-state index in [2.05, 4.69) is 5.10 Å². The molecule has 0 bridgehead atoms. The van der Waals surface area contributed by atoms with E-state index in [0.29, 0.717) is 19.0 Å². The van der Waals surface area contributed by atoms with Crippen molar-refractivity contribution >= 4 is 6.09 Å². The number of carbonyl (C=O) groups excluding carboxylic acids is 1. The van der Waals surface area contributed by atoms with Crippen molar-refractivity contribution in [3.05, 3.63) is 18.0 Å². The first-order chi connectivity index (χ1) is 8.85. The molecule has 6 nitrogen and oxygen atoms in total. The van der Waals surface area contributed by atoms with Crippen LogP contribution in [0.3, 0.4) is 0 Å². The summed E-state index contributed by atoms with van der Waals surface area (Å²) in [5.41, 5.74) is 0.426. The van der Waals surface area contributed by atoms with Gasteiger partial charge in [-0.1, -0.05) is 0 Å². The Labute approximate surface area is 112 Å². The highest BCUT2D eigenvalue weighted by molar-refractivity contribution is 5.68. The second-order valence-corrected chi connectivity index (χ2v) is 5.90. The fourth-order valence-electron chi connectivity index (χ4n) is 2.23. The van der Waals surface area contributed by atoms with E-state index in [1.165, 1.54) is 6.20 Å². The third-order valence-corrected chi connectivity index (χ3v) is 3.16. The Hall–Kier alpha value is -1.72. The lowest BCUT2D eigenvalue weighted by molar-refractivity contribution is 0.0203. The van der Waals surface area contributed by atoms with Crippen LogP contribution in [0.4, 0.5) is 4.79 Å². The molecule has 1 amide bonds. The molecule has 1 aliphatic heterocycles. The fraction of sp³-hybridized carbons (Fsp3) is 0.692. The number of aromatic nitrogens is 2. The minimum Gasteiger partial charge on any atom is -0.444 e. The number of hydrogen-bond donors (Lipinski definition) is 1. The topological polar surface area (TPSA) is 67.6 Å². The van der Waals surface area contributed by atoms with E-state index < -0.39 is 5.60 Å². The molecule has 2 rings (SSSR count). The van der Waals surface area contributed by atoms with Gasteiger partial charge >= 0.3 is 6.09 Å². The summed E-state index contributed by atoms with van der Waals surface area (Å²) in [4.78, 5) is 14.5. The van der Waals surface area contributed by atoms with Crippen molar-refractivity contribution in [2.45, 2.75) is 45.1 Å². The van der Waals surface area contributed by atoms with Gasteiger partial charge in [-0.3, -0.25) is 0 Å². The molecule has 1 N–H and O–H groups in total. The van der Waals surface area contributed by atoms with Gasteiger partial charge in [0.1, 0.15) is 5.60 Å². The van der Waals surface area contributed by atoms with Gasteiger partial charge in [0, 0.05) is 19.0 Å². The van der Waals surface area contributed by atoms with Crippen LogP contribution in [0.5, 0.6) is 0 Å². The molecule has 1 aliphatic rings. The van der Waals surface area contributed by atoms with E-state index >= 15 is 0 Å². The van der Waals surface area contributed by atoms with Crippen molar-refractivity contribution in [1.82, 2.24) is 14.8 Å². The molecule has 1 saturated heterocycles. The number of carbonyl (C=O) groups is 1. The monoisotopic (exact) mass is 267 g/mol. The lowest BCUT2D eigenvalue weighted by atomic mass is 9.94. The van der Waals surface area contributed by atoms with E-state index in [4.69, 9.17) is 4.74 Å². The van der Waals surface area contributed by atoms with Gasteiger partial charge in [-0.05, 0) is 39.7 Å². The zero-order valence-corrected chi connectivity index (χ0v) is 11.7. The van der Waals surface area contributed by atoms with Crippen molar-refractivity contribution in [1.29, 1.82) is 0 Å². The van der Waals surface area contributed by atoms with Crippen LogP contribution in [0.1, 0.15) is 45.2 Å². The summed E-state index contributed by atoms with van der Waals surface area (Å²) < 4.78 is 5.35. The highest BCUT2D eigenvalue weighted by Crippen LogP contribution is 2.27. The van der Waals surface area contributed by atoms with Gasteiger partial charge in [-0.15, -0.1) is 9.94 Å². The predicted octanol–water partition coefficient (Wildman–Crippen LogP) is 2.23. The van der Waals surface area contributed by atoms with Crippen molar-refractivity contribution in [3.8, 4) is 0 Å². The molecule has 0 unspecified atom stereocenters. The van der Waals surface area contributed by atoms with Crippen LogP contribution in [0, 0.1) is 0 Å². The number of nitrogens with zero attached hydrogens (tertiary/aromatic N) is 3. The van der Waals surface area contributed by atoms with Crippen LogP contribution in [0.2, 0.25) is 0 Å². The number of ether oxygens (including phenoxy) is 1. The average molecular weight is 267 g/mol. The molecule has 106 valence electrons. The zero-order chi connectivity index (χ0) is 14.0. The van der Waals surface area contributed by atoms with Crippen LogP contribution in [0.25, 0.3) is 0 Å². The van der Waals surface area contributed by atoms with Gasteiger partial charge in [-0.2, -0.15) is 0 Å². The van der Waals surface area contributed by atoms with Crippen LogP contribution >= 0.6 is 0 Å². The van der Waals surface area contributed by atoms with Crippen LogP contribution in [-0.2, 0) is 4.74 Å². The average Bonchev–Trinajstić information content (AvgIpc) is 2.74. The lowest BCUT2D eigenvalue weighted by Gasteiger charge is -2.32. The highest BCUT2D eigenvalue weighted by Gasteiger charge is 2.28. The molecule has 6 heteroatoms. The second kappa shape index (κ2) is 5.11. The highest BCUT2D eigenvalue weighted by atomic mass is 16.6. The Balaban J connectivity index is 1.87. The van der Waals surface area contributed by atoms with Gasteiger partial charge in [0.2, 0.25) is 0 Å². The van der Waals surface area contributed by atoms with Gasteiger partial charge in [0.15, 0.2) is 0 Å². The molecule has 1 aromatic rings. The van der Waals surface area contributed by atoms with E-state index in [-0.39, 0.29) is 6.09 Å². The Kier molecular flexibility index (Phi) is 3.68. The minimum atomic E-state index is -0.455. The van der Waals surface area contributed by atoms with Crippen LogP contribution in [0.15, 0.2) is 12.3 Å². The predicted molar refractivity (Wildman–Crippen MR) is 69.2 cm³/mol. The van der Waals surface area contributed by atoms with Crippen molar-refractivity contribution < 1.29 is 14.7 Å². The second-order valence-electron chi connectivity index (χ2n) is 5.90. The van der Waals surface area contributed by atoms with E-state index in [1.807, 2.05) is 26.8 Å². The van der Waals surface area contributed by atoms with Gasteiger partial charge < -0.3 is 14.8 Å². The summed E-state index contributed by atoms with van der Waals surface area (Å²) in [5, 5.41) is 13.2. The first-order valence-corrected chi connectivity index (χ1v) is 6.58. The van der Waals surface area contributed by atoms with Gasteiger partial charge in [-0.25, -0.2) is 4.79 Å². The van der Waals surface area contributed by atoms with Gasteiger partial charge in [0.05, 0.1) is 11.9 Å². The first-order valence-electron chi connectivity index (χ1n) is 6.58. The Morgan fingerprint density at radius 1 is 1.42 bits per heavy atom. The largest absolute Gasteiger partial charge is 0.444 e. The SMILES string of the molecule is CC(C)(C)OC(=O)N1CCC(c2ccn(O)n2)CC1. The quantitative estimate of drug-likeness (QED) is 0.792. The molecule has 0 spiro atoms. The summed E-state index contributed by atoms with van der Waals surface area (Å²) in [6.45, 7) is 6.93. The molecule has 0 saturated carbocycles. The third kappa shape index (κ3) is 3.62. The molecule has 0 radical (unpaired) electrons. The first kappa shape index (κ1) is 13.7. The Morgan fingerprint density at radius 3 is 2.53 bits per heavy atom. The molecule has 1 fully saturated rings. The number of rotatable bonds is 1. The number of likely N-dealkylation sites (tertiary alicyclic amines) is 1.